The van der Waals surface area contributed by atoms with Crippen molar-refractivity contribution < 1.29 is 13.2 Å². The molecule has 2 aliphatic rings. The van der Waals surface area contributed by atoms with Crippen LogP contribution < -0.4 is 5.73 Å². The van der Waals surface area contributed by atoms with Crippen LogP contribution >= 0.6 is 0 Å². The van der Waals surface area contributed by atoms with Crippen LogP contribution in [0.2, 0.25) is 0 Å². The molecule has 4 nitrogen and oxygen atoms in total. The Hall–Kier alpha value is -0.130. The maximum absolute atomic E-state index is 11.7. The molecule has 0 aromatic heterocycles. The topological polar surface area (TPSA) is 69.4 Å². The van der Waals surface area contributed by atoms with Crippen LogP contribution in [0.3, 0.4) is 0 Å². The highest BCUT2D eigenvalue weighted by Crippen LogP contribution is 2.32. The van der Waals surface area contributed by atoms with Gasteiger partial charge in [0.2, 0.25) is 0 Å². The molecule has 0 spiro atoms. The van der Waals surface area contributed by atoms with Gasteiger partial charge in [-0.3, -0.25) is 0 Å². The average Bonchev–Trinajstić information content (AvgIpc) is 2.88. The molecule has 2 N–H and O–H groups in total. The van der Waals surface area contributed by atoms with Crippen molar-refractivity contribution in [3.8, 4) is 0 Å². The Kier molecular flexibility index (Phi) is 5.26. The quantitative estimate of drug-likeness (QED) is 0.839. The highest BCUT2D eigenvalue weighted by molar-refractivity contribution is 7.91. The highest BCUT2D eigenvalue weighted by Gasteiger charge is 2.32. The van der Waals surface area contributed by atoms with E-state index in [1.165, 1.54) is 12.7 Å². The second-order valence-electron chi connectivity index (χ2n) is 6.25. The lowest BCUT2D eigenvalue weighted by atomic mass is 9.82. The molecule has 0 bridgehead atoms. The molecule has 0 aromatic carbocycles. The maximum atomic E-state index is 11.7. The predicted octanol–water partition coefficient (Wildman–Crippen LogP) is 1.88. The van der Waals surface area contributed by atoms with Gasteiger partial charge in [-0.15, -0.1) is 0 Å². The molecular weight excluding hydrogens is 262 g/mol. The van der Waals surface area contributed by atoms with Crippen molar-refractivity contribution in [3.05, 3.63) is 0 Å². The first kappa shape index (κ1) is 15.3. The molecule has 0 amide bonds. The van der Waals surface area contributed by atoms with E-state index in [1.54, 1.807) is 0 Å². The lowest BCUT2D eigenvalue weighted by Gasteiger charge is -2.32. The van der Waals surface area contributed by atoms with E-state index >= 15 is 0 Å². The van der Waals surface area contributed by atoms with Gasteiger partial charge >= 0.3 is 0 Å². The van der Waals surface area contributed by atoms with Crippen molar-refractivity contribution in [2.45, 2.75) is 68.8 Å². The van der Waals surface area contributed by atoms with Crippen molar-refractivity contribution in [3.63, 3.8) is 0 Å². The summed E-state index contributed by atoms with van der Waals surface area (Å²) in [5.41, 5.74) is 6.28. The minimum absolute atomic E-state index is 0.133. The lowest BCUT2D eigenvalue weighted by molar-refractivity contribution is 0.0978. The number of nitrogens with two attached hydrogens (primary N) is 1. The summed E-state index contributed by atoms with van der Waals surface area (Å²) < 4.78 is 28.9. The van der Waals surface area contributed by atoms with Crippen molar-refractivity contribution in [2.24, 2.45) is 11.7 Å². The Balaban J connectivity index is 1.79. The Morgan fingerprint density at radius 3 is 2.68 bits per heavy atom. The first-order valence-corrected chi connectivity index (χ1v) is 9.48. The van der Waals surface area contributed by atoms with Crippen LogP contribution in [0.1, 0.15) is 51.4 Å². The Morgan fingerprint density at radius 2 is 2.05 bits per heavy atom. The van der Waals surface area contributed by atoms with Crippen molar-refractivity contribution in [1.82, 2.24) is 0 Å². The van der Waals surface area contributed by atoms with Gasteiger partial charge in [0.1, 0.15) is 9.84 Å². The van der Waals surface area contributed by atoms with E-state index in [0.29, 0.717) is 12.0 Å². The number of hydrogen-bond donors (Lipinski definition) is 1. The normalized spacial score (nSPS) is 34.3. The van der Waals surface area contributed by atoms with Crippen LogP contribution in [0, 0.1) is 5.92 Å². The van der Waals surface area contributed by atoms with Gasteiger partial charge < -0.3 is 10.5 Å². The first-order chi connectivity index (χ1) is 8.97. The molecule has 0 radical (unpaired) electrons. The zero-order valence-corrected chi connectivity index (χ0v) is 12.7. The van der Waals surface area contributed by atoms with E-state index in [-0.39, 0.29) is 11.3 Å². The van der Waals surface area contributed by atoms with Gasteiger partial charge in [-0.05, 0) is 50.9 Å². The van der Waals surface area contributed by atoms with Crippen LogP contribution in [-0.4, -0.2) is 38.7 Å². The molecule has 2 fully saturated rings. The van der Waals surface area contributed by atoms with Gasteiger partial charge in [-0.25, -0.2) is 8.42 Å². The molecule has 1 aliphatic heterocycles. The molecule has 112 valence electrons. The summed E-state index contributed by atoms with van der Waals surface area (Å²) >= 11 is 0. The Bertz CT molecular complexity index is 376. The molecule has 1 aliphatic carbocycles. The fourth-order valence-corrected chi connectivity index (χ4v) is 4.64. The van der Waals surface area contributed by atoms with Crippen molar-refractivity contribution in [1.29, 1.82) is 0 Å². The van der Waals surface area contributed by atoms with Crippen LogP contribution in [-0.2, 0) is 14.6 Å². The SMILES string of the molecule is CS(=O)(=O)C1CCCC(C(N)CCC2CCCO2)C1. The predicted molar refractivity (Wildman–Crippen MR) is 76.8 cm³/mol. The molecule has 1 saturated carbocycles. The fraction of sp³-hybridized carbons (Fsp3) is 1.00. The van der Waals surface area contributed by atoms with E-state index in [4.69, 9.17) is 10.5 Å². The summed E-state index contributed by atoms with van der Waals surface area (Å²) in [5, 5.41) is -0.167. The smallest absolute Gasteiger partial charge is 0.150 e. The summed E-state index contributed by atoms with van der Waals surface area (Å²) in [7, 11) is -2.90. The van der Waals surface area contributed by atoms with Gasteiger partial charge in [0.15, 0.2) is 0 Å². The van der Waals surface area contributed by atoms with Crippen molar-refractivity contribution in [2.75, 3.05) is 12.9 Å². The minimum Gasteiger partial charge on any atom is -0.378 e. The summed E-state index contributed by atoms with van der Waals surface area (Å²) in [5.74, 6) is 0.370. The Morgan fingerprint density at radius 1 is 1.26 bits per heavy atom. The third-order valence-corrected chi connectivity index (χ3v) is 6.36. The largest absolute Gasteiger partial charge is 0.378 e. The van der Waals surface area contributed by atoms with Gasteiger partial charge in [-0.1, -0.05) is 6.42 Å². The average molecular weight is 289 g/mol. The number of rotatable bonds is 5. The first-order valence-electron chi connectivity index (χ1n) is 7.53. The molecule has 2 rings (SSSR count). The second-order valence-corrected chi connectivity index (χ2v) is 8.58. The lowest BCUT2D eigenvalue weighted by Crippen LogP contribution is -2.38. The van der Waals surface area contributed by atoms with E-state index in [0.717, 1.165) is 51.6 Å². The molecule has 4 atom stereocenters. The molecule has 1 saturated heterocycles. The van der Waals surface area contributed by atoms with Gasteiger partial charge in [0, 0.05) is 18.9 Å². The standard InChI is InChI=1S/C14H27NO3S/c1-19(16,17)13-6-2-4-11(10-13)14(15)8-7-12-5-3-9-18-12/h11-14H,2-10,15H2,1H3. The molecule has 1 heterocycles. The molecule has 19 heavy (non-hydrogen) atoms. The van der Waals surface area contributed by atoms with E-state index < -0.39 is 9.84 Å². The van der Waals surface area contributed by atoms with Crippen LogP contribution in [0.4, 0.5) is 0 Å². The van der Waals surface area contributed by atoms with E-state index in [2.05, 4.69) is 0 Å². The van der Waals surface area contributed by atoms with Crippen molar-refractivity contribution >= 4 is 9.84 Å². The minimum atomic E-state index is -2.90. The monoisotopic (exact) mass is 289 g/mol. The summed E-state index contributed by atoms with van der Waals surface area (Å²) in [4.78, 5) is 0. The maximum Gasteiger partial charge on any atom is 0.150 e. The summed E-state index contributed by atoms with van der Waals surface area (Å²) in [6.07, 6.45) is 9.71. The van der Waals surface area contributed by atoms with Gasteiger partial charge in [0.05, 0.1) is 11.4 Å². The molecule has 5 heteroatoms. The Labute approximate surface area is 117 Å². The zero-order valence-electron chi connectivity index (χ0n) is 11.9. The third kappa shape index (κ3) is 4.43. The highest BCUT2D eigenvalue weighted by atomic mass is 32.2. The summed E-state index contributed by atoms with van der Waals surface area (Å²) in [6, 6.07) is 0.133. The number of ether oxygens (including phenoxy) is 1. The number of hydrogen-bond acceptors (Lipinski definition) is 4. The van der Waals surface area contributed by atoms with E-state index in [1.807, 2.05) is 0 Å². The summed E-state index contributed by atoms with van der Waals surface area (Å²) in [6.45, 7) is 0.888. The van der Waals surface area contributed by atoms with Crippen LogP contribution in [0.15, 0.2) is 0 Å². The second kappa shape index (κ2) is 6.55. The zero-order chi connectivity index (χ0) is 13.9. The third-order valence-electron chi connectivity index (χ3n) is 4.72. The van der Waals surface area contributed by atoms with Crippen LogP contribution in [0.5, 0.6) is 0 Å². The fourth-order valence-electron chi connectivity index (χ4n) is 3.44. The molecule has 0 aromatic rings. The molecular formula is C14H27NO3S. The van der Waals surface area contributed by atoms with E-state index in [9.17, 15) is 8.42 Å². The van der Waals surface area contributed by atoms with Gasteiger partial charge in [-0.2, -0.15) is 0 Å². The molecule has 4 unspecified atom stereocenters. The van der Waals surface area contributed by atoms with Crippen LogP contribution in [0.25, 0.3) is 0 Å². The van der Waals surface area contributed by atoms with Gasteiger partial charge in [0.25, 0.3) is 0 Å². The number of sulfone groups is 1.